The van der Waals surface area contributed by atoms with E-state index in [0.29, 0.717) is 17.8 Å². The lowest BCUT2D eigenvalue weighted by atomic mass is 9.45. The summed E-state index contributed by atoms with van der Waals surface area (Å²) < 4.78 is 16.7. The van der Waals surface area contributed by atoms with Crippen molar-refractivity contribution in [3.63, 3.8) is 0 Å². The fraction of sp³-hybridized carbons (Fsp3) is 0.684. The first-order valence-corrected chi connectivity index (χ1v) is 12.1. The van der Waals surface area contributed by atoms with Crippen LogP contribution in [0.2, 0.25) is 5.02 Å². The van der Waals surface area contributed by atoms with E-state index >= 15 is 0 Å². The van der Waals surface area contributed by atoms with Crippen LogP contribution in [0.4, 0.5) is 0 Å². The zero-order valence-corrected chi connectivity index (χ0v) is 17.7. The minimum Gasteiger partial charge on any atom is -0.769 e. The normalized spacial score (nSPS) is 46.9. The fourth-order valence-electron chi connectivity index (χ4n) is 6.37. The molecule has 1 aliphatic heterocycles. The molecule has 1 heterocycles. The van der Waals surface area contributed by atoms with Gasteiger partial charge in [-0.1, -0.05) is 17.7 Å². The van der Waals surface area contributed by atoms with Gasteiger partial charge in [0.1, 0.15) is 11.4 Å². The molecule has 0 amide bonds. The summed E-state index contributed by atoms with van der Waals surface area (Å²) >= 11 is 13.1. The van der Waals surface area contributed by atoms with Gasteiger partial charge in [-0.25, -0.2) is 9.78 Å². The Bertz CT molecular complexity index is 839. The standard InChI is InChI=1S/C19H23Cl2O5P/c1-17(12-3-4-15(20)16(7-12)24-27(2,22)23)19(26-25-17)13-5-11-6-14(19)10-18(21,8-11)9-13/h3-4,7,11,13-14H,5-6,8-10H2,1-2H3,(H,22,23)/p-1. The second-order valence-corrected chi connectivity index (χ2v) is 11.9. The van der Waals surface area contributed by atoms with Crippen LogP contribution in [0.25, 0.3) is 0 Å². The summed E-state index contributed by atoms with van der Waals surface area (Å²) in [4.78, 5) is 23.2. The fourth-order valence-corrected chi connectivity index (χ4v) is 7.68. The lowest BCUT2D eigenvalue weighted by molar-refractivity contribution is -0.589. The molecule has 4 unspecified atom stereocenters. The summed E-state index contributed by atoms with van der Waals surface area (Å²) in [6.07, 6.45) is 5.17. The van der Waals surface area contributed by atoms with Crippen LogP contribution in [0, 0.1) is 17.8 Å². The molecule has 1 spiro atoms. The van der Waals surface area contributed by atoms with E-state index in [1.165, 1.54) is 0 Å². The SMILES string of the molecule is CC1(c2ccc(Cl)c(OP(C)(=O)[O-])c2)OOC12C1CC3CC2CC(Cl)(C3)C1. The van der Waals surface area contributed by atoms with Gasteiger partial charge in [0.2, 0.25) is 0 Å². The summed E-state index contributed by atoms with van der Waals surface area (Å²) in [5.41, 5.74) is -0.301. The van der Waals surface area contributed by atoms with Crippen molar-refractivity contribution in [1.29, 1.82) is 0 Å². The second kappa shape index (κ2) is 5.65. The minimum atomic E-state index is -3.97. The number of hydrogen-bond donors (Lipinski definition) is 0. The molecular weight excluding hydrogens is 410 g/mol. The van der Waals surface area contributed by atoms with Crippen molar-refractivity contribution < 1.29 is 23.8 Å². The third kappa shape index (κ3) is 2.59. The molecule has 0 aromatic heterocycles. The molecule has 4 atom stereocenters. The molecule has 8 heteroatoms. The van der Waals surface area contributed by atoms with Crippen LogP contribution in [-0.2, 0) is 19.9 Å². The third-order valence-electron chi connectivity index (χ3n) is 7.17. The number of halogens is 2. The molecule has 0 N–H and O–H groups in total. The highest BCUT2D eigenvalue weighted by molar-refractivity contribution is 7.50. The molecule has 27 heavy (non-hydrogen) atoms. The van der Waals surface area contributed by atoms with Crippen LogP contribution >= 0.6 is 30.8 Å². The largest absolute Gasteiger partial charge is 0.769 e. The molecule has 148 valence electrons. The highest BCUT2D eigenvalue weighted by atomic mass is 35.5. The van der Waals surface area contributed by atoms with Gasteiger partial charge in [-0.05, 0) is 74.5 Å². The average Bonchev–Trinajstić information content (AvgIpc) is 2.52. The molecule has 5 aliphatic rings. The topological polar surface area (TPSA) is 67.8 Å². The molecule has 5 fully saturated rings. The van der Waals surface area contributed by atoms with Crippen LogP contribution < -0.4 is 9.42 Å². The first kappa shape index (κ1) is 18.7. The maximum absolute atomic E-state index is 11.6. The Morgan fingerprint density at radius 1 is 1.22 bits per heavy atom. The maximum atomic E-state index is 11.6. The maximum Gasteiger partial charge on any atom is 0.181 e. The molecule has 6 rings (SSSR count). The Morgan fingerprint density at radius 3 is 2.41 bits per heavy atom. The van der Waals surface area contributed by atoms with Crippen molar-refractivity contribution in [3.05, 3.63) is 28.8 Å². The van der Waals surface area contributed by atoms with Gasteiger partial charge in [0.05, 0.1) is 5.02 Å². The Labute approximate surface area is 168 Å². The van der Waals surface area contributed by atoms with E-state index in [-0.39, 0.29) is 15.6 Å². The predicted octanol–water partition coefficient (Wildman–Crippen LogP) is 4.64. The van der Waals surface area contributed by atoms with Crippen LogP contribution in [0.15, 0.2) is 18.2 Å². The molecule has 4 aliphatic carbocycles. The van der Waals surface area contributed by atoms with Gasteiger partial charge in [0.15, 0.2) is 13.2 Å². The van der Waals surface area contributed by atoms with Crippen molar-refractivity contribution in [2.75, 3.05) is 6.66 Å². The summed E-state index contributed by atoms with van der Waals surface area (Å²) in [5, 5.41) is 0.249. The highest BCUT2D eigenvalue weighted by Gasteiger charge is 2.75. The molecule has 1 aromatic carbocycles. The van der Waals surface area contributed by atoms with Crippen molar-refractivity contribution in [2.24, 2.45) is 17.8 Å². The van der Waals surface area contributed by atoms with Crippen LogP contribution in [0.5, 0.6) is 5.75 Å². The van der Waals surface area contributed by atoms with Crippen LogP contribution in [-0.4, -0.2) is 17.1 Å². The van der Waals surface area contributed by atoms with Gasteiger partial charge in [-0.3, -0.25) is 4.57 Å². The number of alkyl halides is 1. The van der Waals surface area contributed by atoms with Crippen molar-refractivity contribution >= 4 is 30.8 Å². The number of hydrogen-bond acceptors (Lipinski definition) is 5. The van der Waals surface area contributed by atoms with E-state index in [9.17, 15) is 9.46 Å². The van der Waals surface area contributed by atoms with Crippen molar-refractivity contribution in [1.82, 2.24) is 0 Å². The van der Waals surface area contributed by atoms with Crippen LogP contribution in [0.3, 0.4) is 0 Å². The third-order valence-corrected chi connectivity index (χ3v) is 8.47. The van der Waals surface area contributed by atoms with Gasteiger partial charge < -0.3 is 9.42 Å². The van der Waals surface area contributed by atoms with Gasteiger partial charge in [-0.2, -0.15) is 0 Å². The average molecular weight is 432 g/mol. The highest BCUT2D eigenvalue weighted by Crippen LogP contribution is 2.71. The van der Waals surface area contributed by atoms with Crippen LogP contribution in [0.1, 0.15) is 44.6 Å². The number of benzene rings is 1. The van der Waals surface area contributed by atoms with E-state index in [2.05, 4.69) is 0 Å². The Balaban J connectivity index is 1.54. The number of rotatable bonds is 3. The molecule has 4 saturated carbocycles. The van der Waals surface area contributed by atoms with Gasteiger partial charge >= 0.3 is 0 Å². The minimum absolute atomic E-state index is 0.104. The quantitative estimate of drug-likeness (QED) is 0.396. The summed E-state index contributed by atoms with van der Waals surface area (Å²) in [6.45, 7) is 3.05. The Kier molecular flexibility index (Phi) is 3.92. The lowest BCUT2D eigenvalue weighted by Crippen LogP contribution is -2.76. The monoisotopic (exact) mass is 431 g/mol. The molecule has 4 bridgehead atoms. The molecule has 5 nitrogen and oxygen atoms in total. The van der Waals surface area contributed by atoms with Crippen molar-refractivity contribution in [3.8, 4) is 5.75 Å². The molecule has 0 radical (unpaired) electrons. The van der Waals surface area contributed by atoms with E-state index in [1.807, 2.05) is 13.0 Å². The smallest absolute Gasteiger partial charge is 0.181 e. The Morgan fingerprint density at radius 2 is 1.89 bits per heavy atom. The van der Waals surface area contributed by atoms with E-state index < -0.39 is 18.8 Å². The van der Waals surface area contributed by atoms with Gasteiger partial charge in [0, 0.05) is 11.5 Å². The first-order chi connectivity index (χ1) is 12.5. The predicted molar refractivity (Wildman–Crippen MR) is 100 cm³/mol. The zero-order valence-electron chi connectivity index (χ0n) is 15.2. The first-order valence-electron chi connectivity index (χ1n) is 9.39. The van der Waals surface area contributed by atoms with E-state index in [0.717, 1.165) is 44.3 Å². The lowest BCUT2D eigenvalue weighted by Gasteiger charge is -2.70. The van der Waals surface area contributed by atoms with Crippen molar-refractivity contribution in [2.45, 2.75) is 55.1 Å². The van der Waals surface area contributed by atoms with Gasteiger partial charge in [-0.15, -0.1) is 11.6 Å². The Hall–Kier alpha value is -0.290. The van der Waals surface area contributed by atoms with E-state index in [1.54, 1.807) is 12.1 Å². The summed E-state index contributed by atoms with van der Waals surface area (Å²) in [5.74, 6) is 1.45. The second-order valence-electron chi connectivity index (χ2n) is 9.00. The van der Waals surface area contributed by atoms with E-state index in [4.69, 9.17) is 37.5 Å². The molecular formula is C19H22Cl2O5P-. The summed E-state index contributed by atoms with van der Waals surface area (Å²) in [7, 11) is -3.97. The summed E-state index contributed by atoms with van der Waals surface area (Å²) in [6, 6.07) is 5.19. The zero-order chi connectivity index (χ0) is 19.2. The van der Waals surface area contributed by atoms with Gasteiger partial charge in [0.25, 0.3) is 0 Å². The molecule has 1 aromatic rings. The molecule has 1 saturated heterocycles.